The first-order chi connectivity index (χ1) is 27.9. The number of nitrogens with zero attached hydrogens (tertiary/aromatic N) is 5. The number of aromatic amines is 1. The Balaban J connectivity index is 0.795. The first-order valence-corrected chi connectivity index (χ1v) is 20.5. The summed E-state index contributed by atoms with van der Waals surface area (Å²) in [7, 11) is 0. The number of rotatable bonds is 7. The van der Waals surface area contributed by atoms with E-state index in [1.54, 1.807) is 18.2 Å². The van der Waals surface area contributed by atoms with Gasteiger partial charge in [0.25, 0.3) is 5.91 Å². The Labute approximate surface area is 337 Å². The molecule has 0 bridgehead atoms. The van der Waals surface area contributed by atoms with Gasteiger partial charge in [0, 0.05) is 103 Å². The van der Waals surface area contributed by atoms with E-state index in [1.807, 2.05) is 23.1 Å². The highest BCUT2D eigenvalue weighted by molar-refractivity contribution is 6.20. The van der Waals surface area contributed by atoms with Gasteiger partial charge in [0.15, 0.2) is 5.78 Å². The van der Waals surface area contributed by atoms with Crippen LogP contribution in [0.1, 0.15) is 101 Å². The number of carbonyl (C=O) groups is 5. The zero-order chi connectivity index (χ0) is 40.5. The number of hydrogen-bond donors (Lipinski definition) is 3. The molecule has 1 atom stereocenters. The van der Waals surface area contributed by atoms with E-state index in [-0.39, 0.29) is 43.0 Å². The summed E-state index contributed by atoms with van der Waals surface area (Å²) in [6.45, 7) is 11.8. The highest BCUT2D eigenvalue weighted by Crippen LogP contribution is 2.46. The average Bonchev–Trinajstić information content (AvgIpc) is 3.79. The number of ketones is 1. The number of piperidine rings is 2. The average molecular weight is 781 g/mol. The number of aryl methyl sites for hydroxylation is 1. The molecule has 13 nitrogen and oxygen atoms in total. The fourth-order valence-electron chi connectivity index (χ4n) is 9.94. The minimum Gasteiger partial charge on any atom is -0.376 e. The maximum Gasteiger partial charge on any atom is 0.255 e. The first kappa shape index (κ1) is 37.6. The fraction of sp³-hybridized carbons (Fsp3) is 0.422. The number of anilines is 2. The number of amides is 4. The topological polar surface area (TPSA) is 162 Å². The molecular formula is C45H48N8O5. The van der Waals surface area contributed by atoms with Crippen molar-refractivity contribution in [3.63, 3.8) is 0 Å². The molecule has 3 fully saturated rings. The van der Waals surface area contributed by atoms with Gasteiger partial charge in [-0.25, -0.2) is 0 Å². The van der Waals surface area contributed by atoms with Gasteiger partial charge in [0.1, 0.15) is 6.04 Å². The zero-order valence-corrected chi connectivity index (χ0v) is 33.2. The second-order valence-corrected chi connectivity index (χ2v) is 16.8. The number of fused-ring (bicyclic) bond motifs is 5. The lowest BCUT2D eigenvalue weighted by Crippen LogP contribution is -2.55. The Bertz CT molecular complexity index is 2450. The smallest absolute Gasteiger partial charge is 0.255 e. The van der Waals surface area contributed by atoms with Gasteiger partial charge in [-0.15, -0.1) is 0 Å². The second kappa shape index (κ2) is 14.4. The van der Waals surface area contributed by atoms with Crippen molar-refractivity contribution in [3.05, 3.63) is 93.2 Å². The minimum absolute atomic E-state index is 0.0311. The molecule has 4 aromatic rings. The van der Waals surface area contributed by atoms with Crippen molar-refractivity contribution >= 4 is 51.7 Å². The standard InChI is InChI=1S/C45H48N8O5/c1-4-27-21-33-34(45(2,3)42-40(41(33)56)32-7-5-26(23-46)19-35(32)48-42)22-37(27)51-13-11-30(12-14-51)50-15-17-52(18-16-50)39(55)24-47-29-6-8-31-28(20-29)25-53(44(31)58)36-9-10-38(54)49-43(36)57/h5-8,19-22,30,36,47-48H,4,9-18,24-25H2,1-3H3,(H,49,54,57). The highest BCUT2D eigenvalue weighted by Gasteiger charge is 2.42. The molecule has 3 saturated heterocycles. The number of nitriles is 1. The molecule has 0 saturated carbocycles. The van der Waals surface area contributed by atoms with Crippen LogP contribution in [0.2, 0.25) is 0 Å². The van der Waals surface area contributed by atoms with E-state index in [9.17, 15) is 29.2 Å². The molecule has 4 amide bonds. The van der Waals surface area contributed by atoms with Gasteiger partial charge in [0.05, 0.1) is 23.7 Å². The molecule has 9 rings (SSSR count). The van der Waals surface area contributed by atoms with Crippen LogP contribution in [0.15, 0.2) is 48.5 Å². The Kier molecular flexibility index (Phi) is 9.35. The Morgan fingerprint density at radius 1 is 0.931 bits per heavy atom. The molecule has 3 N–H and O–H groups in total. The number of aromatic nitrogens is 1. The molecular weight excluding hydrogens is 733 g/mol. The van der Waals surface area contributed by atoms with Gasteiger partial charge in [-0.1, -0.05) is 26.8 Å². The van der Waals surface area contributed by atoms with Crippen molar-refractivity contribution < 1.29 is 24.0 Å². The largest absolute Gasteiger partial charge is 0.376 e. The normalized spacial score (nSPS) is 20.8. The summed E-state index contributed by atoms with van der Waals surface area (Å²) in [6.07, 6.45) is 3.39. The van der Waals surface area contributed by atoms with Crippen LogP contribution in [0.5, 0.6) is 0 Å². The number of H-pyrrole nitrogens is 1. The third kappa shape index (κ3) is 6.30. The van der Waals surface area contributed by atoms with Crippen LogP contribution in [0.25, 0.3) is 10.9 Å². The van der Waals surface area contributed by atoms with Gasteiger partial charge in [-0.2, -0.15) is 5.26 Å². The van der Waals surface area contributed by atoms with Gasteiger partial charge in [-0.05, 0) is 84.8 Å². The van der Waals surface area contributed by atoms with Crippen molar-refractivity contribution in [2.24, 2.45) is 0 Å². The summed E-state index contributed by atoms with van der Waals surface area (Å²) in [4.78, 5) is 76.5. The van der Waals surface area contributed by atoms with E-state index in [0.29, 0.717) is 42.2 Å². The number of imide groups is 1. The summed E-state index contributed by atoms with van der Waals surface area (Å²) < 4.78 is 0. The van der Waals surface area contributed by atoms with Crippen molar-refractivity contribution in [2.75, 3.05) is 56.0 Å². The van der Waals surface area contributed by atoms with E-state index in [4.69, 9.17) is 0 Å². The summed E-state index contributed by atoms with van der Waals surface area (Å²) >= 11 is 0. The van der Waals surface area contributed by atoms with Crippen LogP contribution >= 0.6 is 0 Å². The molecule has 1 aliphatic carbocycles. The lowest BCUT2D eigenvalue weighted by atomic mass is 9.70. The maximum absolute atomic E-state index is 14.1. The van der Waals surface area contributed by atoms with Crippen LogP contribution in [0, 0.1) is 11.3 Å². The third-order valence-corrected chi connectivity index (χ3v) is 13.3. The van der Waals surface area contributed by atoms with Gasteiger partial charge in [0.2, 0.25) is 17.7 Å². The SMILES string of the molecule is CCc1cc2c(cc1N1CCC(N3CCN(C(=O)CNc4ccc5c(c4)CN(C4CCC(=O)NC4=O)C5=O)CC3)CC1)C(C)(C)c1[nH]c3cc(C#N)ccc3c1C2=O. The Morgan fingerprint density at radius 3 is 2.43 bits per heavy atom. The van der Waals surface area contributed by atoms with E-state index in [1.165, 1.54) is 16.2 Å². The lowest BCUT2D eigenvalue weighted by molar-refractivity contribution is -0.137. The van der Waals surface area contributed by atoms with Crippen LogP contribution in [-0.4, -0.2) is 107 Å². The molecule has 1 unspecified atom stereocenters. The molecule has 0 radical (unpaired) electrons. The van der Waals surface area contributed by atoms with Crippen LogP contribution in [-0.2, 0) is 32.8 Å². The highest BCUT2D eigenvalue weighted by atomic mass is 16.2. The van der Waals surface area contributed by atoms with Crippen molar-refractivity contribution in [3.8, 4) is 6.07 Å². The van der Waals surface area contributed by atoms with E-state index >= 15 is 0 Å². The molecule has 5 heterocycles. The van der Waals surface area contributed by atoms with Crippen LogP contribution in [0.3, 0.4) is 0 Å². The van der Waals surface area contributed by atoms with E-state index in [2.05, 4.69) is 64.4 Å². The summed E-state index contributed by atoms with van der Waals surface area (Å²) in [6, 6.07) is 17.3. The zero-order valence-electron chi connectivity index (χ0n) is 33.2. The summed E-state index contributed by atoms with van der Waals surface area (Å²) in [5.74, 6) is -0.898. The van der Waals surface area contributed by atoms with Crippen LogP contribution in [0.4, 0.5) is 11.4 Å². The molecule has 1 aromatic heterocycles. The predicted molar refractivity (Wildman–Crippen MR) is 219 cm³/mol. The van der Waals surface area contributed by atoms with Crippen molar-refractivity contribution in [1.82, 2.24) is 25.0 Å². The van der Waals surface area contributed by atoms with E-state index < -0.39 is 17.4 Å². The van der Waals surface area contributed by atoms with Crippen molar-refractivity contribution in [1.29, 1.82) is 5.26 Å². The molecule has 58 heavy (non-hydrogen) atoms. The number of piperazine rings is 1. The predicted octanol–water partition coefficient (Wildman–Crippen LogP) is 4.46. The Hall–Kier alpha value is -6.00. The minimum atomic E-state index is -0.663. The number of carbonyl (C=O) groups excluding carboxylic acids is 5. The first-order valence-electron chi connectivity index (χ1n) is 20.5. The molecule has 0 spiro atoms. The molecule has 5 aliphatic rings. The molecule has 298 valence electrons. The summed E-state index contributed by atoms with van der Waals surface area (Å²) in [5, 5.41) is 15.9. The molecule has 4 aliphatic heterocycles. The third-order valence-electron chi connectivity index (χ3n) is 13.3. The monoisotopic (exact) mass is 780 g/mol. The maximum atomic E-state index is 14.1. The Morgan fingerprint density at radius 2 is 1.71 bits per heavy atom. The molecule has 13 heteroatoms. The van der Waals surface area contributed by atoms with Gasteiger partial charge in [-0.3, -0.25) is 34.2 Å². The number of hydrogen-bond acceptors (Lipinski definition) is 9. The van der Waals surface area contributed by atoms with Crippen molar-refractivity contribution in [2.45, 2.75) is 76.9 Å². The number of benzene rings is 3. The number of nitrogens with one attached hydrogen (secondary N) is 3. The van der Waals surface area contributed by atoms with E-state index in [0.717, 1.165) is 84.4 Å². The second-order valence-electron chi connectivity index (χ2n) is 16.8. The quantitative estimate of drug-likeness (QED) is 0.230. The van der Waals surface area contributed by atoms with Gasteiger partial charge >= 0.3 is 0 Å². The van der Waals surface area contributed by atoms with Crippen LogP contribution < -0.4 is 15.5 Å². The summed E-state index contributed by atoms with van der Waals surface area (Å²) in [5.41, 5.74) is 8.83. The fourth-order valence-corrected chi connectivity index (χ4v) is 9.94. The van der Waals surface area contributed by atoms with Gasteiger partial charge < -0.3 is 25.0 Å². The lowest BCUT2D eigenvalue weighted by Gasteiger charge is -2.44. The molecule has 3 aromatic carbocycles.